The van der Waals surface area contributed by atoms with Crippen molar-refractivity contribution in [1.82, 2.24) is 9.97 Å². The van der Waals surface area contributed by atoms with Crippen molar-refractivity contribution in [3.8, 4) is 0 Å². The molecule has 0 radical (unpaired) electrons. The van der Waals surface area contributed by atoms with Crippen LogP contribution in [0.4, 0.5) is 5.00 Å². The molecule has 2 heterocycles. The highest BCUT2D eigenvalue weighted by Gasteiger charge is 2.21. The molecule has 1 aromatic carbocycles. The fourth-order valence-electron chi connectivity index (χ4n) is 2.19. The first-order chi connectivity index (χ1) is 12.5. The molecule has 0 aliphatic carbocycles. The van der Waals surface area contributed by atoms with E-state index in [0.717, 1.165) is 11.3 Å². The van der Waals surface area contributed by atoms with E-state index >= 15 is 0 Å². The lowest BCUT2D eigenvalue weighted by Gasteiger charge is -2.13. The fraction of sp³-hybridized carbons (Fsp3) is 0.118. The van der Waals surface area contributed by atoms with E-state index in [4.69, 9.17) is 10.5 Å². The Balaban J connectivity index is 1.68. The van der Waals surface area contributed by atoms with Crippen molar-refractivity contribution in [2.24, 2.45) is 5.73 Å². The van der Waals surface area contributed by atoms with Crippen LogP contribution in [-0.4, -0.2) is 33.9 Å². The number of hydrogen-bond donors (Lipinski definition) is 2. The van der Waals surface area contributed by atoms with Crippen LogP contribution in [0.3, 0.4) is 0 Å². The van der Waals surface area contributed by atoms with Crippen LogP contribution in [0, 0.1) is 0 Å². The highest BCUT2D eigenvalue weighted by molar-refractivity contribution is 7.14. The SMILES string of the molecule is C[C@@H](OC(=O)c1ccc2nccnc2c1)C(=O)Nc1sccc1C(N)=O. The van der Waals surface area contributed by atoms with Crippen LogP contribution < -0.4 is 11.1 Å². The zero-order chi connectivity index (χ0) is 18.7. The molecule has 0 fully saturated rings. The summed E-state index contributed by atoms with van der Waals surface area (Å²) in [7, 11) is 0. The summed E-state index contributed by atoms with van der Waals surface area (Å²) in [5.74, 6) is -1.88. The van der Waals surface area contributed by atoms with Gasteiger partial charge < -0.3 is 15.8 Å². The van der Waals surface area contributed by atoms with E-state index in [1.165, 1.54) is 19.2 Å². The first-order valence-corrected chi connectivity index (χ1v) is 8.43. The third-order valence-electron chi connectivity index (χ3n) is 3.53. The molecule has 9 heteroatoms. The number of amides is 2. The summed E-state index contributed by atoms with van der Waals surface area (Å²) in [6.07, 6.45) is 2.01. The summed E-state index contributed by atoms with van der Waals surface area (Å²) in [6, 6.07) is 6.25. The minimum Gasteiger partial charge on any atom is -0.449 e. The van der Waals surface area contributed by atoms with Gasteiger partial charge in [0.15, 0.2) is 6.10 Å². The zero-order valence-corrected chi connectivity index (χ0v) is 14.4. The second kappa shape index (κ2) is 7.28. The zero-order valence-electron chi connectivity index (χ0n) is 13.6. The number of nitrogens with zero attached hydrogens (tertiary/aromatic N) is 2. The van der Waals surface area contributed by atoms with Crippen molar-refractivity contribution in [3.63, 3.8) is 0 Å². The molecule has 0 aliphatic rings. The van der Waals surface area contributed by atoms with Gasteiger partial charge in [-0.25, -0.2) is 4.79 Å². The Bertz CT molecular complexity index is 1000. The largest absolute Gasteiger partial charge is 0.449 e. The highest BCUT2D eigenvalue weighted by Crippen LogP contribution is 2.23. The van der Waals surface area contributed by atoms with Gasteiger partial charge in [-0.15, -0.1) is 11.3 Å². The maximum atomic E-state index is 12.3. The minimum atomic E-state index is -1.07. The molecule has 3 N–H and O–H groups in total. The predicted octanol–water partition coefficient (Wildman–Crippen LogP) is 1.97. The summed E-state index contributed by atoms with van der Waals surface area (Å²) < 4.78 is 5.19. The van der Waals surface area contributed by atoms with Gasteiger partial charge in [0, 0.05) is 12.4 Å². The van der Waals surface area contributed by atoms with Crippen molar-refractivity contribution < 1.29 is 19.1 Å². The number of esters is 1. The molecule has 0 bridgehead atoms. The van der Waals surface area contributed by atoms with Gasteiger partial charge in [-0.2, -0.15) is 0 Å². The van der Waals surface area contributed by atoms with Crippen molar-refractivity contribution in [3.05, 3.63) is 53.2 Å². The van der Waals surface area contributed by atoms with Crippen molar-refractivity contribution in [2.45, 2.75) is 13.0 Å². The smallest absolute Gasteiger partial charge is 0.338 e. The van der Waals surface area contributed by atoms with E-state index in [0.29, 0.717) is 16.0 Å². The number of primary amides is 1. The van der Waals surface area contributed by atoms with Crippen LogP contribution >= 0.6 is 11.3 Å². The number of aromatic nitrogens is 2. The molecule has 26 heavy (non-hydrogen) atoms. The van der Waals surface area contributed by atoms with E-state index in [-0.39, 0.29) is 11.1 Å². The molecule has 132 valence electrons. The standard InChI is InChI=1S/C17H14N4O4S/c1-9(15(23)21-16-11(14(18)22)4-7-26-16)25-17(24)10-2-3-12-13(8-10)20-6-5-19-12/h2-9H,1H3,(H2,18,22)(H,21,23)/t9-/m1/s1. The number of carbonyl (C=O) groups is 3. The van der Waals surface area contributed by atoms with Crippen LogP contribution in [0.5, 0.6) is 0 Å². The third-order valence-corrected chi connectivity index (χ3v) is 4.36. The van der Waals surface area contributed by atoms with Gasteiger partial charge in [0.1, 0.15) is 5.00 Å². The minimum absolute atomic E-state index is 0.204. The van der Waals surface area contributed by atoms with Crippen molar-refractivity contribution in [2.75, 3.05) is 5.32 Å². The van der Waals surface area contributed by atoms with E-state index in [9.17, 15) is 14.4 Å². The lowest BCUT2D eigenvalue weighted by molar-refractivity contribution is -0.123. The average molecular weight is 370 g/mol. The number of rotatable bonds is 5. The molecule has 2 amide bonds. The van der Waals surface area contributed by atoms with Crippen LogP contribution in [0.15, 0.2) is 42.0 Å². The normalized spacial score (nSPS) is 11.7. The molecular formula is C17H14N4O4S. The summed E-state index contributed by atoms with van der Waals surface area (Å²) >= 11 is 1.15. The number of ether oxygens (including phenoxy) is 1. The lowest BCUT2D eigenvalue weighted by Crippen LogP contribution is -2.30. The van der Waals surface area contributed by atoms with Gasteiger partial charge >= 0.3 is 5.97 Å². The van der Waals surface area contributed by atoms with Crippen LogP contribution in [0.1, 0.15) is 27.6 Å². The van der Waals surface area contributed by atoms with E-state index < -0.39 is 23.9 Å². The highest BCUT2D eigenvalue weighted by atomic mass is 32.1. The van der Waals surface area contributed by atoms with Gasteiger partial charge in [-0.1, -0.05) is 0 Å². The molecule has 1 atom stereocenters. The second-order valence-corrected chi connectivity index (χ2v) is 6.24. The molecule has 2 aromatic heterocycles. The van der Waals surface area contributed by atoms with Gasteiger partial charge in [-0.05, 0) is 36.6 Å². The van der Waals surface area contributed by atoms with Gasteiger partial charge in [0.25, 0.3) is 11.8 Å². The Morgan fingerprint density at radius 3 is 2.62 bits per heavy atom. The number of benzene rings is 1. The maximum Gasteiger partial charge on any atom is 0.338 e. The molecule has 0 spiro atoms. The number of thiophene rings is 1. The molecule has 8 nitrogen and oxygen atoms in total. The van der Waals surface area contributed by atoms with Gasteiger partial charge in [0.05, 0.1) is 22.2 Å². The third kappa shape index (κ3) is 3.67. The maximum absolute atomic E-state index is 12.3. The monoisotopic (exact) mass is 370 g/mol. The van der Waals surface area contributed by atoms with E-state index in [2.05, 4.69) is 15.3 Å². The molecule has 3 aromatic rings. The average Bonchev–Trinajstić information content (AvgIpc) is 3.09. The van der Waals surface area contributed by atoms with Crippen LogP contribution in [0.2, 0.25) is 0 Å². The number of nitrogens with two attached hydrogens (primary N) is 1. The topological polar surface area (TPSA) is 124 Å². The quantitative estimate of drug-likeness (QED) is 0.662. The summed E-state index contributed by atoms with van der Waals surface area (Å²) in [6.45, 7) is 1.44. The summed E-state index contributed by atoms with van der Waals surface area (Å²) in [5, 5.41) is 4.48. The number of hydrogen-bond acceptors (Lipinski definition) is 7. The number of nitrogens with one attached hydrogen (secondary N) is 1. The number of carbonyl (C=O) groups excluding carboxylic acids is 3. The Morgan fingerprint density at radius 1 is 1.15 bits per heavy atom. The van der Waals surface area contributed by atoms with Crippen molar-refractivity contribution in [1.29, 1.82) is 0 Å². The number of fused-ring (bicyclic) bond motifs is 1. The van der Waals surface area contributed by atoms with E-state index in [1.807, 2.05) is 0 Å². The summed E-state index contributed by atoms with van der Waals surface area (Å²) in [5.41, 5.74) is 6.88. The van der Waals surface area contributed by atoms with Gasteiger partial charge in [0.2, 0.25) is 0 Å². The first kappa shape index (κ1) is 17.5. The molecule has 0 saturated heterocycles. The predicted molar refractivity (Wildman–Crippen MR) is 95.9 cm³/mol. The van der Waals surface area contributed by atoms with Crippen LogP contribution in [-0.2, 0) is 9.53 Å². The van der Waals surface area contributed by atoms with Crippen molar-refractivity contribution >= 4 is 45.2 Å². The Kier molecular flexibility index (Phi) is 4.90. The Labute approximate surface area is 152 Å². The molecule has 0 saturated carbocycles. The second-order valence-electron chi connectivity index (χ2n) is 5.32. The Hall–Kier alpha value is -3.33. The Morgan fingerprint density at radius 2 is 1.88 bits per heavy atom. The molecule has 0 aliphatic heterocycles. The molecule has 0 unspecified atom stereocenters. The lowest BCUT2D eigenvalue weighted by atomic mass is 10.2. The number of anilines is 1. The van der Waals surface area contributed by atoms with Crippen LogP contribution in [0.25, 0.3) is 11.0 Å². The fourth-order valence-corrected chi connectivity index (χ4v) is 2.98. The summed E-state index contributed by atoms with van der Waals surface area (Å²) in [4.78, 5) is 44.0. The molecule has 3 rings (SSSR count). The van der Waals surface area contributed by atoms with Gasteiger partial charge in [-0.3, -0.25) is 19.6 Å². The molecular weight excluding hydrogens is 356 g/mol. The first-order valence-electron chi connectivity index (χ1n) is 7.55. The van der Waals surface area contributed by atoms with E-state index in [1.54, 1.807) is 29.8 Å².